The maximum atomic E-state index is 11.2. The van der Waals surface area contributed by atoms with Gasteiger partial charge in [0, 0.05) is 13.2 Å². The van der Waals surface area contributed by atoms with Crippen molar-refractivity contribution in [2.75, 3.05) is 26.8 Å². The van der Waals surface area contributed by atoms with E-state index >= 15 is 0 Å². The number of carbonyl (C=O) groups is 1. The maximum Gasteiger partial charge on any atom is 0.268 e. The molecule has 0 aliphatic heterocycles. The summed E-state index contributed by atoms with van der Waals surface area (Å²) in [5.41, 5.74) is 2.49. The number of nitrogen functional groups attached to an aromatic ring is 1. The van der Waals surface area contributed by atoms with Crippen molar-refractivity contribution >= 4 is 5.91 Å². The van der Waals surface area contributed by atoms with E-state index in [-0.39, 0.29) is 5.91 Å². The predicted octanol–water partition coefficient (Wildman–Crippen LogP) is 0.351. The first kappa shape index (κ1) is 13.7. The molecule has 0 spiro atoms. The molecule has 17 heavy (non-hydrogen) atoms. The van der Waals surface area contributed by atoms with Crippen molar-refractivity contribution in [2.24, 2.45) is 5.84 Å². The van der Waals surface area contributed by atoms with E-state index in [0.29, 0.717) is 18.7 Å². The summed E-state index contributed by atoms with van der Waals surface area (Å²) in [4.78, 5) is 13.2. The average Bonchev–Trinajstić information content (AvgIpc) is 2.77. The summed E-state index contributed by atoms with van der Waals surface area (Å²) in [6.07, 6.45) is 1.40. The smallest absolute Gasteiger partial charge is 0.268 e. The molecule has 1 amide bonds. The minimum atomic E-state index is -0.350. The van der Waals surface area contributed by atoms with Gasteiger partial charge in [0.15, 0.2) is 0 Å². The van der Waals surface area contributed by atoms with Gasteiger partial charge in [-0.2, -0.15) is 0 Å². The molecule has 1 rings (SSSR count). The molecule has 1 aromatic rings. The van der Waals surface area contributed by atoms with E-state index in [1.54, 1.807) is 6.07 Å². The van der Waals surface area contributed by atoms with Gasteiger partial charge in [-0.15, -0.1) is 0 Å². The highest BCUT2D eigenvalue weighted by Crippen LogP contribution is 2.09. The van der Waals surface area contributed by atoms with Crippen molar-refractivity contribution in [1.29, 1.82) is 0 Å². The number of hydrazine groups is 1. The Bertz CT molecular complexity index is 351. The van der Waals surface area contributed by atoms with E-state index in [9.17, 15) is 4.79 Å². The van der Waals surface area contributed by atoms with Gasteiger partial charge in [-0.1, -0.05) is 0 Å². The summed E-state index contributed by atoms with van der Waals surface area (Å²) in [6, 6.07) is 1.68. The third-order valence-corrected chi connectivity index (χ3v) is 2.29. The van der Waals surface area contributed by atoms with E-state index in [4.69, 9.17) is 15.0 Å². The normalized spacial score (nSPS) is 10.8. The van der Waals surface area contributed by atoms with Gasteiger partial charge in [0.25, 0.3) is 5.91 Å². The number of ether oxygens (including phenoxy) is 1. The average molecular weight is 241 g/mol. The number of nitrogens with two attached hydrogens (primary N) is 1. The maximum absolute atomic E-state index is 11.2. The second-order valence-electron chi connectivity index (χ2n) is 3.71. The second kappa shape index (κ2) is 7.05. The third-order valence-electron chi connectivity index (χ3n) is 2.29. The number of carbonyl (C=O) groups excluding carboxylic acids is 1. The fourth-order valence-corrected chi connectivity index (χ4v) is 1.38. The van der Waals surface area contributed by atoms with Crippen LogP contribution in [0.2, 0.25) is 0 Å². The summed E-state index contributed by atoms with van der Waals surface area (Å²) in [7, 11) is 1.96. The molecular weight excluding hydrogens is 222 g/mol. The molecule has 6 nitrogen and oxygen atoms in total. The Kier molecular flexibility index (Phi) is 5.68. The molecule has 0 aromatic carbocycles. The molecule has 0 fully saturated rings. The van der Waals surface area contributed by atoms with Crippen LogP contribution >= 0.6 is 0 Å². The Balaban J connectivity index is 2.40. The number of nitrogens with one attached hydrogen (secondary N) is 1. The molecular formula is C11H19N3O3. The van der Waals surface area contributed by atoms with Gasteiger partial charge in [-0.3, -0.25) is 15.1 Å². The Morgan fingerprint density at radius 1 is 1.65 bits per heavy atom. The molecule has 96 valence electrons. The van der Waals surface area contributed by atoms with Gasteiger partial charge in [0.1, 0.15) is 12.0 Å². The highest BCUT2D eigenvalue weighted by Gasteiger charge is 2.10. The Hall–Kier alpha value is -1.37. The molecule has 1 aromatic heterocycles. The first-order chi connectivity index (χ1) is 8.17. The molecule has 0 unspecified atom stereocenters. The van der Waals surface area contributed by atoms with Crippen LogP contribution in [0, 0.1) is 0 Å². The van der Waals surface area contributed by atoms with E-state index in [2.05, 4.69) is 10.3 Å². The standard InChI is InChI=1S/C11H19N3O3/c1-3-16-5-4-14(2)7-10-6-9(8-17-10)11(15)13-12/h6,8H,3-5,7,12H2,1-2H3,(H,13,15). The highest BCUT2D eigenvalue weighted by atomic mass is 16.5. The van der Waals surface area contributed by atoms with E-state index in [1.165, 1.54) is 6.26 Å². The molecule has 0 saturated carbocycles. The zero-order valence-corrected chi connectivity index (χ0v) is 10.2. The minimum Gasteiger partial charge on any atom is -0.467 e. The van der Waals surface area contributed by atoms with Crippen LogP contribution in [0.4, 0.5) is 0 Å². The second-order valence-corrected chi connectivity index (χ2v) is 3.71. The number of likely N-dealkylation sites (N-methyl/N-ethyl adjacent to an activating group) is 1. The van der Waals surface area contributed by atoms with E-state index in [0.717, 1.165) is 18.9 Å². The van der Waals surface area contributed by atoms with Gasteiger partial charge < -0.3 is 9.15 Å². The van der Waals surface area contributed by atoms with Crippen LogP contribution in [0.25, 0.3) is 0 Å². The number of hydrogen-bond acceptors (Lipinski definition) is 5. The first-order valence-electron chi connectivity index (χ1n) is 5.52. The summed E-state index contributed by atoms with van der Waals surface area (Å²) < 4.78 is 10.5. The van der Waals surface area contributed by atoms with Gasteiger partial charge in [0.05, 0.1) is 18.7 Å². The van der Waals surface area contributed by atoms with Crippen LogP contribution in [-0.2, 0) is 11.3 Å². The Morgan fingerprint density at radius 3 is 3.06 bits per heavy atom. The number of hydrogen-bond donors (Lipinski definition) is 2. The molecule has 0 saturated heterocycles. The van der Waals surface area contributed by atoms with Gasteiger partial charge in [0.2, 0.25) is 0 Å². The Labute approximate surface area is 101 Å². The van der Waals surface area contributed by atoms with Gasteiger partial charge >= 0.3 is 0 Å². The minimum absolute atomic E-state index is 0.350. The molecule has 6 heteroatoms. The van der Waals surface area contributed by atoms with Crippen LogP contribution in [0.5, 0.6) is 0 Å². The fraction of sp³-hybridized carbons (Fsp3) is 0.545. The zero-order chi connectivity index (χ0) is 12.7. The molecule has 0 aliphatic carbocycles. The van der Waals surface area contributed by atoms with Crippen molar-refractivity contribution in [1.82, 2.24) is 10.3 Å². The predicted molar refractivity (Wildman–Crippen MR) is 63.2 cm³/mol. The number of amides is 1. The summed E-state index contributed by atoms with van der Waals surface area (Å²) in [5.74, 6) is 5.40. The summed E-state index contributed by atoms with van der Waals surface area (Å²) in [5, 5.41) is 0. The van der Waals surface area contributed by atoms with Crippen LogP contribution in [0.1, 0.15) is 23.0 Å². The molecule has 3 N–H and O–H groups in total. The number of nitrogens with zero attached hydrogens (tertiary/aromatic N) is 1. The molecule has 0 radical (unpaired) electrons. The topological polar surface area (TPSA) is 80.7 Å². The van der Waals surface area contributed by atoms with Crippen molar-refractivity contribution in [2.45, 2.75) is 13.5 Å². The van der Waals surface area contributed by atoms with Crippen molar-refractivity contribution < 1.29 is 13.9 Å². The molecule has 0 atom stereocenters. The lowest BCUT2D eigenvalue weighted by atomic mass is 10.3. The largest absolute Gasteiger partial charge is 0.467 e. The summed E-state index contributed by atoms with van der Waals surface area (Å²) in [6.45, 7) is 4.81. The molecule has 0 aliphatic rings. The Morgan fingerprint density at radius 2 is 2.41 bits per heavy atom. The lowest BCUT2D eigenvalue weighted by Crippen LogP contribution is -2.29. The number of rotatable bonds is 7. The van der Waals surface area contributed by atoms with Crippen LogP contribution < -0.4 is 11.3 Å². The monoisotopic (exact) mass is 241 g/mol. The van der Waals surface area contributed by atoms with Crippen molar-refractivity contribution in [3.8, 4) is 0 Å². The summed E-state index contributed by atoms with van der Waals surface area (Å²) >= 11 is 0. The molecule has 1 heterocycles. The van der Waals surface area contributed by atoms with Crippen LogP contribution in [0.15, 0.2) is 16.7 Å². The first-order valence-corrected chi connectivity index (χ1v) is 5.52. The lowest BCUT2D eigenvalue weighted by molar-refractivity contribution is 0.0953. The molecule has 0 bridgehead atoms. The fourth-order valence-electron chi connectivity index (χ4n) is 1.38. The van der Waals surface area contributed by atoms with Crippen molar-refractivity contribution in [3.63, 3.8) is 0 Å². The van der Waals surface area contributed by atoms with Crippen LogP contribution in [0.3, 0.4) is 0 Å². The lowest BCUT2D eigenvalue weighted by Gasteiger charge is -2.14. The van der Waals surface area contributed by atoms with Crippen molar-refractivity contribution in [3.05, 3.63) is 23.7 Å². The highest BCUT2D eigenvalue weighted by molar-refractivity contribution is 5.93. The van der Waals surface area contributed by atoms with Crippen LogP contribution in [-0.4, -0.2) is 37.6 Å². The van der Waals surface area contributed by atoms with E-state index < -0.39 is 0 Å². The van der Waals surface area contributed by atoms with Gasteiger partial charge in [-0.05, 0) is 20.0 Å². The third kappa shape index (κ3) is 4.56. The SMILES string of the molecule is CCOCCN(C)Cc1cc(C(=O)NN)co1. The number of furan rings is 1. The van der Waals surface area contributed by atoms with E-state index in [1.807, 2.05) is 14.0 Å². The zero-order valence-electron chi connectivity index (χ0n) is 10.2. The quantitative estimate of drug-likeness (QED) is 0.311. The van der Waals surface area contributed by atoms with Gasteiger partial charge in [-0.25, -0.2) is 5.84 Å².